The van der Waals surface area contributed by atoms with Crippen LogP contribution < -0.4 is 4.72 Å². The number of carbonyl (C=O) groups is 1. The van der Waals surface area contributed by atoms with E-state index in [9.17, 15) is 13.2 Å². The lowest BCUT2D eigenvalue weighted by molar-refractivity contribution is 0.0725. The van der Waals surface area contributed by atoms with Crippen LogP contribution in [0, 0.1) is 6.92 Å². The van der Waals surface area contributed by atoms with Crippen LogP contribution in [-0.2, 0) is 10.0 Å². The lowest BCUT2D eigenvalue weighted by Gasteiger charge is -2.27. The zero-order valence-electron chi connectivity index (χ0n) is 11.8. The Bertz CT molecular complexity index is 605. The summed E-state index contributed by atoms with van der Waals surface area (Å²) in [7, 11) is -3.40. The fourth-order valence-electron chi connectivity index (χ4n) is 2.39. The number of benzene rings is 1. The Kier molecular flexibility index (Phi) is 4.32. The Hall–Kier alpha value is -1.56. The van der Waals surface area contributed by atoms with Gasteiger partial charge in [0, 0.05) is 13.1 Å². The summed E-state index contributed by atoms with van der Waals surface area (Å²) in [5.74, 6) is -0.0976. The summed E-state index contributed by atoms with van der Waals surface area (Å²) in [6.07, 6.45) is 4.24. The molecule has 1 aliphatic heterocycles. The summed E-state index contributed by atoms with van der Waals surface area (Å²) in [6, 6.07) is 5.18. The quantitative estimate of drug-likeness (QED) is 0.927. The molecule has 5 nitrogen and oxygen atoms in total. The molecule has 1 amide bonds. The second-order valence-electron chi connectivity index (χ2n) is 5.28. The van der Waals surface area contributed by atoms with Crippen molar-refractivity contribution < 1.29 is 13.2 Å². The molecule has 6 heteroatoms. The van der Waals surface area contributed by atoms with Crippen molar-refractivity contribution in [2.24, 2.45) is 0 Å². The predicted octanol–water partition coefficient (Wildman–Crippen LogP) is 1.99. The van der Waals surface area contributed by atoms with Crippen LogP contribution in [0.4, 0.5) is 5.69 Å². The van der Waals surface area contributed by atoms with E-state index in [4.69, 9.17) is 0 Å². The highest BCUT2D eigenvalue weighted by molar-refractivity contribution is 7.92. The molecule has 1 fully saturated rings. The van der Waals surface area contributed by atoms with Crippen LogP contribution in [0.5, 0.6) is 0 Å². The molecule has 2 rings (SSSR count). The highest BCUT2D eigenvalue weighted by Crippen LogP contribution is 2.22. The van der Waals surface area contributed by atoms with Gasteiger partial charge in [-0.25, -0.2) is 8.42 Å². The minimum absolute atomic E-state index is 0.0976. The van der Waals surface area contributed by atoms with E-state index in [1.807, 2.05) is 6.92 Å². The summed E-state index contributed by atoms with van der Waals surface area (Å²) in [4.78, 5) is 14.3. The van der Waals surface area contributed by atoms with E-state index >= 15 is 0 Å². The van der Waals surface area contributed by atoms with E-state index < -0.39 is 10.0 Å². The summed E-state index contributed by atoms with van der Waals surface area (Å²) in [5.41, 5.74) is 1.72. The number of nitrogens with zero attached hydrogens (tertiary/aromatic N) is 1. The molecule has 0 aromatic heterocycles. The van der Waals surface area contributed by atoms with E-state index in [-0.39, 0.29) is 5.91 Å². The molecular formula is C14H20N2O3S. The summed E-state index contributed by atoms with van der Waals surface area (Å²) >= 11 is 0. The van der Waals surface area contributed by atoms with E-state index in [0.29, 0.717) is 11.3 Å². The molecule has 110 valence electrons. The van der Waals surface area contributed by atoms with Crippen LogP contribution in [0.1, 0.15) is 35.2 Å². The van der Waals surface area contributed by atoms with Crippen molar-refractivity contribution in [2.75, 3.05) is 24.1 Å². The number of sulfonamides is 1. The summed E-state index contributed by atoms with van der Waals surface area (Å²) < 4.78 is 25.2. The number of likely N-dealkylation sites (tertiary alicyclic amines) is 1. The molecule has 0 atom stereocenters. The third-order valence-electron chi connectivity index (χ3n) is 3.34. The van der Waals surface area contributed by atoms with Crippen LogP contribution in [0.15, 0.2) is 18.2 Å². The van der Waals surface area contributed by atoms with E-state index in [1.54, 1.807) is 23.1 Å². The lowest BCUT2D eigenvalue weighted by Crippen LogP contribution is -2.36. The van der Waals surface area contributed by atoms with Crippen molar-refractivity contribution in [3.8, 4) is 0 Å². The fourth-order valence-corrected chi connectivity index (χ4v) is 2.97. The minimum atomic E-state index is -3.40. The monoisotopic (exact) mass is 296 g/mol. The number of piperidine rings is 1. The van der Waals surface area contributed by atoms with Crippen molar-refractivity contribution in [2.45, 2.75) is 26.2 Å². The van der Waals surface area contributed by atoms with Crippen LogP contribution in [0.3, 0.4) is 0 Å². The maximum atomic E-state index is 12.5. The van der Waals surface area contributed by atoms with Crippen molar-refractivity contribution >= 4 is 21.6 Å². The van der Waals surface area contributed by atoms with E-state index in [0.717, 1.165) is 44.2 Å². The first-order valence-electron chi connectivity index (χ1n) is 6.74. The number of nitrogens with one attached hydrogen (secondary N) is 1. The van der Waals surface area contributed by atoms with Gasteiger partial charge in [-0.1, -0.05) is 11.6 Å². The predicted molar refractivity (Wildman–Crippen MR) is 79.4 cm³/mol. The Morgan fingerprint density at radius 1 is 1.20 bits per heavy atom. The maximum absolute atomic E-state index is 12.5. The molecule has 0 radical (unpaired) electrons. The van der Waals surface area contributed by atoms with Gasteiger partial charge in [0.2, 0.25) is 10.0 Å². The van der Waals surface area contributed by atoms with Gasteiger partial charge in [-0.15, -0.1) is 0 Å². The second kappa shape index (κ2) is 5.83. The molecule has 1 saturated heterocycles. The highest BCUT2D eigenvalue weighted by Gasteiger charge is 2.21. The SMILES string of the molecule is Cc1ccc(NS(C)(=O)=O)c(C(=O)N2CCCCC2)c1. The smallest absolute Gasteiger partial charge is 0.255 e. The first-order chi connectivity index (χ1) is 9.37. The molecule has 1 aromatic carbocycles. The van der Waals surface area contributed by atoms with E-state index in [2.05, 4.69) is 4.72 Å². The van der Waals surface area contributed by atoms with Gasteiger partial charge in [0.15, 0.2) is 0 Å². The van der Waals surface area contributed by atoms with Crippen LogP contribution >= 0.6 is 0 Å². The van der Waals surface area contributed by atoms with Crippen LogP contribution in [0.2, 0.25) is 0 Å². The molecule has 1 aromatic rings. The number of aryl methyl sites for hydroxylation is 1. The van der Waals surface area contributed by atoms with Gasteiger partial charge < -0.3 is 4.90 Å². The first kappa shape index (κ1) is 14.8. The number of carbonyl (C=O) groups excluding carboxylic acids is 1. The average Bonchev–Trinajstić information content (AvgIpc) is 2.39. The fraction of sp³-hybridized carbons (Fsp3) is 0.500. The third kappa shape index (κ3) is 3.72. The Labute approximate surface area is 120 Å². The molecule has 0 bridgehead atoms. The molecule has 1 heterocycles. The zero-order valence-corrected chi connectivity index (χ0v) is 12.7. The number of hydrogen-bond acceptors (Lipinski definition) is 3. The molecule has 20 heavy (non-hydrogen) atoms. The lowest BCUT2D eigenvalue weighted by atomic mass is 10.1. The number of rotatable bonds is 3. The summed E-state index contributed by atoms with van der Waals surface area (Å²) in [6.45, 7) is 3.37. The van der Waals surface area contributed by atoms with Gasteiger partial charge in [0.1, 0.15) is 0 Å². The first-order valence-corrected chi connectivity index (χ1v) is 8.64. The second-order valence-corrected chi connectivity index (χ2v) is 7.02. The molecule has 0 aliphatic carbocycles. The van der Waals surface area contributed by atoms with Crippen molar-refractivity contribution in [1.29, 1.82) is 0 Å². The highest BCUT2D eigenvalue weighted by atomic mass is 32.2. The Balaban J connectivity index is 2.33. The molecule has 1 aliphatic rings. The maximum Gasteiger partial charge on any atom is 0.255 e. The number of anilines is 1. The summed E-state index contributed by atoms with van der Waals surface area (Å²) in [5, 5.41) is 0. The van der Waals surface area contributed by atoms with Crippen LogP contribution in [0.25, 0.3) is 0 Å². The number of hydrogen-bond donors (Lipinski definition) is 1. The van der Waals surface area contributed by atoms with Gasteiger partial charge in [-0.2, -0.15) is 0 Å². The van der Waals surface area contributed by atoms with Gasteiger partial charge >= 0.3 is 0 Å². The van der Waals surface area contributed by atoms with Gasteiger partial charge in [-0.05, 0) is 38.3 Å². The number of amides is 1. The van der Waals surface area contributed by atoms with Crippen molar-refractivity contribution in [1.82, 2.24) is 4.90 Å². The molecular weight excluding hydrogens is 276 g/mol. The normalized spacial score (nSPS) is 16.0. The largest absolute Gasteiger partial charge is 0.339 e. The van der Waals surface area contributed by atoms with Crippen molar-refractivity contribution in [3.05, 3.63) is 29.3 Å². The minimum Gasteiger partial charge on any atom is -0.339 e. The molecule has 0 spiro atoms. The Morgan fingerprint density at radius 3 is 2.45 bits per heavy atom. The molecule has 1 N–H and O–H groups in total. The van der Waals surface area contributed by atoms with Crippen LogP contribution in [-0.4, -0.2) is 38.6 Å². The topological polar surface area (TPSA) is 66.5 Å². The van der Waals surface area contributed by atoms with E-state index in [1.165, 1.54) is 0 Å². The van der Waals surface area contributed by atoms with Gasteiger partial charge in [0.25, 0.3) is 5.91 Å². The average molecular weight is 296 g/mol. The third-order valence-corrected chi connectivity index (χ3v) is 3.93. The standard InChI is InChI=1S/C14H20N2O3S/c1-11-6-7-13(15-20(2,18)19)12(10-11)14(17)16-8-4-3-5-9-16/h6-7,10,15H,3-5,8-9H2,1-2H3. The molecule has 0 unspecified atom stereocenters. The zero-order chi connectivity index (χ0) is 14.8. The van der Waals surface area contributed by atoms with Crippen molar-refractivity contribution in [3.63, 3.8) is 0 Å². The molecule has 0 saturated carbocycles. The Morgan fingerprint density at radius 2 is 1.85 bits per heavy atom. The van der Waals surface area contributed by atoms with Gasteiger partial charge in [0.05, 0.1) is 17.5 Å². The van der Waals surface area contributed by atoms with Gasteiger partial charge in [-0.3, -0.25) is 9.52 Å².